The maximum absolute atomic E-state index is 6.68. The normalized spacial score (nSPS) is 11.9. The maximum Gasteiger partial charge on any atom is 0.238 e. The minimum atomic E-state index is 0.565. The average Bonchev–Trinajstić information content (AvgIpc) is 3.84. The van der Waals surface area contributed by atoms with Crippen LogP contribution in [-0.2, 0) is 0 Å². The van der Waals surface area contributed by atoms with Crippen LogP contribution in [0.5, 0.6) is 0 Å². The van der Waals surface area contributed by atoms with Gasteiger partial charge in [-0.25, -0.2) is 4.98 Å². The highest BCUT2D eigenvalue weighted by Crippen LogP contribution is 2.40. The fourth-order valence-electron chi connectivity index (χ4n) is 7.68. The van der Waals surface area contributed by atoms with Crippen molar-refractivity contribution in [3.05, 3.63) is 164 Å². The molecule has 4 heterocycles. The summed E-state index contributed by atoms with van der Waals surface area (Å²) in [4.78, 5) is 15.2. The second-order valence-corrected chi connectivity index (χ2v) is 12.9. The van der Waals surface area contributed by atoms with Gasteiger partial charge in [-0.2, -0.15) is 9.97 Å². The fourth-order valence-corrected chi connectivity index (χ4v) is 7.68. The van der Waals surface area contributed by atoms with Gasteiger partial charge in [-0.1, -0.05) is 115 Å². The van der Waals surface area contributed by atoms with E-state index < -0.39 is 0 Å². The number of nitrogens with zero attached hydrogens (tertiary/aromatic N) is 5. The van der Waals surface area contributed by atoms with Crippen LogP contribution >= 0.6 is 0 Å². The van der Waals surface area contributed by atoms with Crippen molar-refractivity contribution < 1.29 is 4.42 Å². The molecule has 6 heteroatoms. The summed E-state index contributed by atoms with van der Waals surface area (Å²) in [6.07, 6.45) is 0. The zero-order valence-corrected chi connectivity index (χ0v) is 27.2. The molecule has 0 radical (unpaired) electrons. The third-order valence-electron chi connectivity index (χ3n) is 9.98. The molecule has 0 saturated heterocycles. The topological polar surface area (TPSA) is 61.7 Å². The van der Waals surface area contributed by atoms with E-state index in [4.69, 9.17) is 19.4 Å². The van der Waals surface area contributed by atoms with Crippen LogP contribution in [0.15, 0.2) is 168 Å². The molecule has 0 aliphatic rings. The number of para-hydroxylation sites is 3. The smallest absolute Gasteiger partial charge is 0.238 e. The molecule has 0 aliphatic heterocycles. The number of rotatable bonds is 4. The lowest BCUT2D eigenvalue weighted by Crippen LogP contribution is -2.06. The van der Waals surface area contributed by atoms with Crippen molar-refractivity contribution in [2.45, 2.75) is 0 Å². The van der Waals surface area contributed by atoms with Gasteiger partial charge >= 0.3 is 0 Å². The summed E-state index contributed by atoms with van der Waals surface area (Å²) in [7, 11) is 0. The average molecular weight is 654 g/mol. The standard InChI is InChI=1S/C45H27N5O/c1-3-13-28(14-4-1)43-46-44(29-15-5-2-6-16-29)48-45(47-43)50-39-22-12-9-19-33(39)35-27-42-36(26-40(35)50)34-24-23-30(25-41(34)51-42)49-37-20-10-7-17-31(37)32-18-8-11-21-38(32)49/h1-27H. The van der Waals surface area contributed by atoms with Crippen molar-refractivity contribution in [3.8, 4) is 34.4 Å². The van der Waals surface area contributed by atoms with Crippen LogP contribution in [0.4, 0.5) is 0 Å². The molecule has 0 bridgehead atoms. The van der Waals surface area contributed by atoms with Crippen LogP contribution in [0, 0.1) is 0 Å². The van der Waals surface area contributed by atoms with Crippen LogP contribution in [0.3, 0.4) is 0 Å². The third-order valence-corrected chi connectivity index (χ3v) is 9.98. The van der Waals surface area contributed by atoms with Gasteiger partial charge in [-0.3, -0.25) is 4.57 Å². The van der Waals surface area contributed by atoms with E-state index in [0.29, 0.717) is 17.6 Å². The summed E-state index contributed by atoms with van der Waals surface area (Å²) < 4.78 is 11.2. The lowest BCUT2D eigenvalue weighted by atomic mass is 10.1. The number of hydrogen-bond acceptors (Lipinski definition) is 4. The molecule has 7 aromatic carbocycles. The monoisotopic (exact) mass is 653 g/mol. The first-order valence-electron chi connectivity index (χ1n) is 17.0. The Balaban J connectivity index is 1.16. The summed E-state index contributed by atoms with van der Waals surface area (Å²) in [6, 6.07) is 56.7. The third kappa shape index (κ3) is 4.20. The SMILES string of the molecule is c1ccc(-c2nc(-c3ccccc3)nc(-n3c4ccccc4c4cc5oc6cc(-n7c8ccccc8c8ccccc87)ccc6c5cc43)n2)cc1. The van der Waals surface area contributed by atoms with Crippen LogP contribution in [0.25, 0.3) is 100.0 Å². The highest BCUT2D eigenvalue weighted by molar-refractivity contribution is 6.17. The molecule has 0 aliphatic carbocycles. The Morgan fingerprint density at radius 2 is 0.863 bits per heavy atom. The Labute approximate surface area is 291 Å². The Morgan fingerprint density at radius 3 is 1.47 bits per heavy atom. The summed E-state index contributed by atoms with van der Waals surface area (Å²) in [5, 5.41) is 6.73. The molecular weight excluding hydrogens is 627 g/mol. The van der Waals surface area contributed by atoms with E-state index in [0.717, 1.165) is 60.6 Å². The van der Waals surface area contributed by atoms with Gasteiger partial charge < -0.3 is 8.98 Å². The predicted octanol–water partition coefficient (Wildman–Crippen LogP) is 11.3. The van der Waals surface area contributed by atoms with Crippen LogP contribution in [0.1, 0.15) is 0 Å². The largest absolute Gasteiger partial charge is 0.456 e. The van der Waals surface area contributed by atoms with E-state index in [1.54, 1.807) is 0 Å². The minimum absolute atomic E-state index is 0.565. The van der Waals surface area contributed by atoms with Crippen LogP contribution in [-0.4, -0.2) is 24.1 Å². The molecule has 0 spiro atoms. The quantitative estimate of drug-likeness (QED) is 0.190. The summed E-state index contributed by atoms with van der Waals surface area (Å²) in [5.74, 6) is 1.81. The summed E-state index contributed by atoms with van der Waals surface area (Å²) >= 11 is 0. The van der Waals surface area contributed by atoms with Gasteiger partial charge in [0, 0.05) is 55.2 Å². The van der Waals surface area contributed by atoms with Crippen molar-refractivity contribution >= 4 is 65.6 Å². The van der Waals surface area contributed by atoms with Gasteiger partial charge in [0.2, 0.25) is 5.95 Å². The Hall–Kier alpha value is -7.05. The molecule has 0 fully saturated rings. The molecular formula is C45H27N5O. The molecule has 0 saturated carbocycles. The lowest BCUT2D eigenvalue weighted by Gasteiger charge is -2.11. The van der Waals surface area contributed by atoms with Crippen LogP contribution < -0.4 is 0 Å². The first kappa shape index (κ1) is 27.9. The molecule has 51 heavy (non-hydrogen) atoms. The lowest BCUT2D eigenvalue weighted by molar-refractivity contribution is 0.669. The van der Waals surface area contributed by atoms with E-state index >= 15 is 0 Å². The van der Waals surface area contributed by atoms with E-state index in [9.17, 15) is 0 Å². The Bertz CT molecular complexity index is 3030. The first-order valence-corrected chi connectivity index (χ1v) is 17.0. The van der Waals surface area contributed by atoms with Crippen molar-refractivity contribution in [2.24, 2.45) is 0 Å². The zero-order valence-electron chi connectivity index (χ0n) is 27.2. The number of aromatic nitrogens is 5. The maximum atomic E-state index is 6.68. The van der Waals surface area contributed by atoms with Gasteiger partial charge in [-0.05, 0) is 42.5 Å². The summed E-state index contributed by atoms with van der Waals surface area (Å²) in [5.41, 5.74) is 8.96. The molecule has 238 valence electrons. The molecule has 11 aromatic rings. The molecule has 0 atom stereocenters. The number of furan rings is 1. The zero-order chi connectivity index (χ0) is 33.5. The van der Waals surface area contributed by atoms with Gasteiger partial charge in [0.15, 0.2) is 11.6 Å². The number of hydrogen-bond donors (Lipinski definition) is 0. The van der Waals surface area contributed by atoms with Gasteiger partial charge in [-0.15, -0.1) is 0 Å². The van der Waals surface area contributed by atoms with Crippen molar-refractivity contribution in [3.63, 3.8) is 0 Å². The van der Waals surface area contributed by atoms with Crippen molar-refractivity contribution in [1.29, 1.82) is 0 Å². The van der Waals surface area contributed by atoms with Gasteiger partial charge in [0.1, 0.15) is 11.2 Å². The highest BCUT2D eigenvalue weighted by Gasteiger charge is 2.20. The fraction of sp³-hybridized carbons (Fsp3) is 0. The van der Waals surface area contributed by atoms with Crippen LogP contribution in [0.2, 0.25) is 0 Å². The molecule has 0 N–H and O–H groups in total. The predicted molar refractivity (Wildman–Crippen MR) is 207 cm³/mol. The van der Waals surface area contributed by atoms with E-state index in [1.807, 2.05) is 60.7 Å². The first-order chi connectivity index (χ1) is 25.3. The minimum Gasteiger partial charge on any atom is -0.456 e. The Kier molecular flexibility index (Phi) is 5.86. The van der Waals surface area contributed by atoms with E-state index in [2.05, 4.69) is 112 Å². The van der Waals surface area contributed by atoms with Crippen molar-refractivity contribution in [1.82, 2.24) is 24.1 Å². The second kappa shape index (κ2) is 10.7. The molecule has 11 rings (SSSR count). The van der Waals surface area contributed by atoms with Gasteiger partial charge in [0.25, 0.3) is 0 Å². The molecule has 0 amide bonds. The number of fused-ring (bicyclic) bond motifs is 9. The van der Waals surface area contributed by atoms with Crippen molar-refractivity contribution in [2.75, 3.05) is 0 Å². The molecule has 0 unspecified atom stereocenters. The van der Waals surface area contributed by atoms with E-state index in [1.165, 1.54) is 21.8 Å². The Morgan fingerprint density at radius 1 is 0.353 bits per heavy atom. The van der Waals surface area contributed by atoms with E-state index in [-0.39, 0.29) is 0 Å². The number of benzene rings is 7. The highest BCUT2D eigenvalue weighted by atomic mass is 16.3. The second-order valence-electron chi connectivity index (χ2n) is 12.9. The summed E-state index contributed by atoms with van der Waals surface area (Å²) in [6.45, 7) is 0. The molecule has 4 aromatic heterocycles. The van der Waals surface area contributed by atoms with Gasteiger partial charge in [0.05, 0.1) is 22.1 Å². The molecule has 6 nitrogen and oxygen atoms in total.